The lowest BCUT2D eigenvalue weighted by Crippen LogP contribution is -2.63. The number of aryl methyl sites for hydroxylation is 1. The number of benzene rings is 2. The van der Waals surface area contributed by atoms with Crippen LogP contribution in [-0.4, -0.2) is 216 Å². The third-order valence-corrected chi connectivity index (χ3v) is 15.9. The minimum absolute atomic E-state index is 0.0352. The highest BCUT2D eigenvalue weighted by Gasteiger charge is 2.42. The third-order valence-electron chi connectivity index (χ3n) is 15.6. The Hall–Kier alpha value is -7.17. The highest BCUT2D eigenvalue weighted by molar-refractivity contribution is 6.30. The Morgan fingerprint density at radius 2 is 1.11 bits per heavy atom. The van der Waals surface area contributed by atoms with Gasteiger partial charge in [-0.25, -0.2) is 4.39 Å². The van der Waals surface area contributed by atoms with Crippen molar-refractivity contribution in [2.24, 2.45) is 17.8 Å². The fourth-order valence-corrected chi connectivity index (χ4v) is 9.93. The predicted molar refractivity (Wildman–Crippen MR) is 321 cm³/mol. The number of amides is 11. The fourth-order valence-electron chi connectivity index (χ4n) is 9.80. The molecule has 1 aliphatic rings. The summed E-state index contributed by atoms with van der Waals surface area (Å²) in [4.78, 5) is 165. The summed E-state index contributed by atoms with van der Waals surface area (Å²) in [7, 11) is 9.72. The monoisotopic (exact) mass is 1210 g/mol. The highest BCUT2D eigenvalue weighted by Crippen LogP contribution is 2.22. The van der Waals surface area contributed by atoms with Crippen molar-refractivity contribution < 1.29 is 57.1 Å². The largest absolute Gasteiger partial charge is 0.351 e. The zero-order chi connectivity index (χ0) is 64.5. The molecule has 2 aromatic rings. The number of carbonyl (C=O) groups is 11. The van der Waals surface area contributed by atoms with Crippen LogP contribution < -0.4 is 21.3 Å². The molecule has 22 nitrogen and oxygen atoms in total. The molecule has 0 aromatic heterocycles. The second-order valence-corrected chi connectivity index (χ2v) is 24.6. The average molecular weight is 1210 g/mol. The zero-order valence-electron chi connectivity index (χ0n) is 52.8. The smallest absolute Gasteiger partial charge is 0.248 e. The number of halogens is 2. The zero-order valence-corrected chi connectivity index (χ0v) is 53.6. The molecule has 1 unspecified atom stereocenters. The van der Waals surface area contributed by atoms with Crippen LogP contribution >= 0.6 is 11.6 Å². The van der Waals surface area contributed by atoms with E-state index in [2.05, 4.69) is 21.3 Å². The van der Waals surface area contributed by atoms with Crippen LogP contribution in [0.4, 0.5) is 4.39 Å². The maximum atomic E-state index is 14.8. The normalized spacial score (nSPS) is 24.2. The minimum atomic E-state index is -1.67. The van der Waals surface area contributed by atoms with Gasteiger partial charge < -0.3 is 55.6 Å². The first-order valence-electron chi connectivity index (χ1n) is 29.0. The molecule has 0 spiro atoms. The Labute approximate surface area is 506 Å². The van der Waals surface area contributed by atoms with Gasteiger partial charge in [0, 0.05) is 73.2 Å². The molecule has 4 N–H and O–H groups in total. The van der Waals surface area contributed by atoms with Gasteiger partial charge in [-0.1, -0.05) is 83.8 Å². The first kappa shape index (κ1) is 72.1. The van der Waals surface area contributed by atoms with E-state index in [0.717, 1.165) is 19.6 Å². The van der Waals surface area contributed by atoms with E-state index in [1.165, 1.54) is 109 Å². The van der Waals surface area contributed by atoms with E-state index in [4.69, 9.17) is 11.6 Å². The van der Waals surface area contributed by atoms with Crippen molar-refractivity contribution in [1.29, 1.82) is 0 Å². The number of hydrogen-bond acceptors (Lipinski definition) is 11. The Balaban J connectivity index is 2.17. The molecule has 3 rings (SSSR count). The van der Waals surface area contributed by atoms with E-state index in [9.17, 15) is 57.1 Å². The number of nitrogens with one attached hydrogen (secondary N) is 4. The lowest BCUT2D eigenvalue weighted by Gasteiger charge is -2.38. The van der Waals surface area contributed by atoms with E-state index in [1.807, 2.05) is 34.6 Å². The molecule has 472 valence electrons. The van der Waals surface area contributed by atoms with Gasteiger partial charge >= 0.3 is 0 Å². The molecule has 0 saturated carbocycles. The van der Waals surface area contributed by atoms with Crippen molar-refractivity contribution in [3.8, 4) is 0 Å². The van der Waals surface area contributed by atoms with Crippen molar-refractivity contribution in [2.45, 2.75) is 162 Å². The number of rotatable bonds is 11. The standard InChI is InChI=1S/C61H93ClFN11O11/c1-18-38(6)53-59(84)70(13)34-51(77)68(11)35-52(78)72(15)48(32-42-19-24-43(62)25-20-42)58(83)69(12)33-49(75)65-45(28-23-41-21-26-44(63)27-22-41)57(82)73(16)47(30-37(4)5)56(81)67-61(9,10)60(85)74(17)46(29-36(2)3)55(80)64-39(7)31-50(76)71(14)40(8)54(79)66-53/h19-22,24-27,36-40,45-48,53H,18,23,28-35H2,1-17H3,(H,64,80)(H,65,75)(H,66,79)(H,67,81)/t38?,39-,40+,45+,46+,47+,48+,53+/m1/s1. The Morgan fingerprint density at radius 3 is 1.66 bits per heavy atom. The van der Waals surface area contributed by atoms with Gasteiger partial charge in [0.15, 0.2) is 0 Å². The molecule has 0 radical (unpaired) electrons. The maximum absolute atomic E-state index is 14.8. The van der Waals surface area contributed by atoms with Gasteiger partial charge in [-0.2, -0.15) is 0 Å². The molecule has 8 atom stereocenters. The van der Waals surface area contributed by atoms with Gasteiger partial charge in [0.2, 0.25) is 65.0 Å². The van der Waals surface area contributed by atoms with E-state index in [0.29, 0.717) is 22.6 Å². The number of nitrogens with zero attached hydrogens (tertiary/aromatic N) is 7. The summed E-state index contributed by atoms with van der Waals surface area (Å²) in [5.74, 6) is -8.42. The van der Waals surface area contributed by atoms with Crippen LogP contribution in [0.15, 0.2) is 48.5 Å². The Bertz CT molecular complexity index is 2690. The molecule has 24 heteroatoms. The quantitative estimate of drug-likeness (QED) is 0.254. The van der Waals surface area contributed by atoms with Crippen molar-refractivity contribution in [2.75, 3.05) is 69.0 Å². The summed E-state index contributed by atoms with van der Waals surface area (Å²) in [6, 6.07) is 4.27. The van der Waals surface area contributed by atoms with Gasteiger partial charge in [0.1, 0.15) is 47.6 Å². The number of carbonyl (C=O) groups excluding carboxylic acids is 11. The second kappa shape index (κ2) is 32.4. The Morgan fingerprint density at radius 1 is 0.576 bits per heavy atom. The summed E-state index contributed by atoms with van der Waals surface area (Å²) in [5, 5.41) is 11.6. The topological polar surface area (TPSA) is 259 Å². The third kappa shape index (κ3) is 21.1. The first-order chi connectivity index (χ1) is 39.5. The molecule has 1 heterocycles. The van der Waals surface area contributed by atoms with Crippen molar-refractivity contribution in [3.05, 3.63) is 70.5 Å². The maximum Gasteiger partial charge on any atom is 0.248 e. The van der Waals surface area contributed by atoms with Crippen LogP contribution in [0.25, 0.3) is 0 Å². The lowest BCUT2D eigenvalue weighted by molar-refractivity contribution is -0.149. The predicted octanol–water partition coefficient (Wildman–Crippen LogP) is 3.27. The van der Waals surface area contributed by atoms with Crippen LogP contribution in [-0.2, 0) is 65.6 Å². The fraction of sp³-hybridized carbons (Fsp3) is 0.623. The summed E-state index contributed by atoms with van der Waals surface area (Å²) in [5.41, 5.74) is -0.437. The highest BCUT2D eigenvalue weighted by atomic mass is 35.5. The molecule has 1 aliphatic heterocycles. The van der Waals surface area contributed by atoms with E-state index in [-0.39, 0.29) is 50.4 Å². The van der Waals surface area contributed by atoms with Gasteiger partial charge in [-0.15, -0.1) is 0 Å². The SMILES string of the molecule is CCC(C)[C@@H]1NC(=O)[C@H](C)N(C)C(=O)C[C@@H](C)NC(=O)[C@H](CC(C)C)N(C)C(=O)C(C)(C)NC(=O)[C@H](CC(C)C)N(C)C(=O)[C@H](CCc2ccc(F)cc2)NC(=O)CN(C)C(=O)[C@H](Cc2ccc(Cl)cc2)N(C)C(=O)CN(C)C(=O)CN(C)C1=O. The molecule has 1 fully saturated rings. The summed E-state index contributed by atoms with van der Waals surface area (Å²) < 4.78 is 14.0. The lowest BCUT2D eigenvalue weighted by atomic mass is 9.95. The molecular weight excluding hydrogens is 1120 g/mol. The number of likely N-dealkylation sites (N-methyl/N-ethyl adjacent to an activating group) is 7. The van der Waals surface area contributed by atoms with Crippen molar-refractivity contribution in [1.82, 2.24) is 55.6 Å². The summed E-state index contributed by atoms with van der Waals surface area (Å²) >= 11 is 6.20. The summed E-state index contributed by atoms with van der Waals surface area (Å²) in [6.45, 7) is 15.4. The number of hydrogen-bond donors (Lipinski definition) is 4. The van der Waals surface area contributed by atoms with Crippen LogP contribution in [0.2, 0.25) is 5.02 Å². The molecule has 2 aromatic carbocycles. The molecule has 11 amide bonds. The molecule has 85 heavy (non-hydrogen) atoms. The first-order valence-corrected chi connectivity index (χ1v) is 29.4. The molecule has 0 bridgehead atoms. The minimum Gasteiger partial charge on any atom is -0.351 e. The van der Waals surface area contributed by atoms with Gasteiger partial charge in [0.05, 0.1) is 19.6 Å². The molecular formula is C61H93ClFN11O11. The van der Waals surface area contributed by atoms with E-state index >= 15 is 0 Å². The Kier molecular flexibility index (Phi) is 27.5. The molecule has 0 aliphatic carbocycles. The van der Waals surface area contributed by atoms with Crippen LogP contribution in [0.5, 0.6) is 0 Å². The van der Waals surface area contributed by atoms with Crippen molar-refractivity contribution >= 4 is 76.6 Å². The van der Waals surface area contributed by atoms with Crippen LogP contribution in [0.1, 0.15) is 112 Å². The molecule has 1 saturated heterocycles. The van der Waals surface area contributed by atoms with Gasteiger partial charge in [-0.3, -0.25) is 52.7 Å². The van der Waals surface area contributed by atoms with Crippen molar-refractivity contribution in [3.63, 3.8) is 0 Å². The van der Waals surface area contributed by atoms with E-state index in [1.54, 1.807) is 38.1 Å². The van der Waals surface area contributed by atoms with Gasteiger partial charge in [-0.05, 0) is 107 Å². The van der Waals surface area contributed by atoms with Gasteiger partial charge in [0.25, 0.3) is 0 Å². The average Bonchev–Trinajstić information content (AvgIpc) is 3.63. The summed E-state index contributed by atoms with van der Waals surface area (Å²) in [6.07, 6.45) is 0.559. The van der Waals surface area contributed by atoms with Crippen LogP contribution in [0, 0.1) is 23.6 Å². The second-order valence-electron chi connectivity index (χ2n) is 24.2. The van der Waals surface area contributed by atoms with Crippen LogP contribution in [0.3, 0.4) is 0 Å². The van der Waals surface area contributed by atoms with E-state index < -0.39 is 144 Å².